The summed E-state index contributed by atoms with van der Waals surface area (Å²) in [6.07, 6.45) is 3.56. The van der Waals surface area contributed by atoms with Crippen LogP contribution in [0.5, 0.6) is 0 Å². The van der Waals surface area contributed by atoms with Crippen molar-refractivity contribution >= 4 is 28.6 Å². The largest absolute Gasteiger partial charge is 0.450 e. The SMILES string of the molecule is CCOC(=O)N1CCc2c(cncc2C(=O)Nc2cccc3[nH]c(C)cc23)C1. The van der Waals surface area contributed by atoms with Gasteiger partial charge in [0.15, 0.2) is 0 Å². The highest BCUT2D eigenvalue weighted by Crippen LogP contribution is 2.26. The monoisotopic (exact) mass is 378 g/mol. The minimum Gasteiger partial charge on any atom is -0.450 e. The van der Waals surface area contributed by atoms with E-state index in [0.29, 0.717) is 31.7 Å². The Hall–Kier alpha value is -3.35. The van der Waals surface area contributed by atoms with Crippen LogP contribution in [0.3, 0.4) is 0 Å². The summed E-state index contributed by atoms with van der Waals surface area (Å²) >= 11 is 0. The molecule has 2 N–H and O–H groups in total. The van der Waals surface area contributed by atoms with Gasteiger partial charge in [0.05, 0.1) is 24.4 Å². The molecule has 0 spiro atoms. The maximum absolute atomic E-state index is 13.0. The van der Waals surface area contributed by atoms with Crippen molar-refractivity contribution < 1.29 is 14.3 Å². The molecular weight excluding hydrogens is 356 g/mol. The van der Waals surface area contributed by atoms with Gasteiger partial charge in [0.2, 0.25) is 0 Å². The molecule has 1 aromatic carbocycles. The first-order chi connectivity index (χ1) is 13.6. The zero-order valence-electron chi connectivity index (χ0n) is 15.9. The van der Waals surface area contributed by atoms with Crippen LogP contribution in [-0.2, 0) is 17.7 Å². The number of nitrogens with zero attached hydrogens (tertiary/aromatic N) is 2. The van der Waals surface area contributed by atoms with E-state index in [1.54, 1.807) is 24.2 Å². The second-order valence-corrected chi connectivity index (χ2v) is 6.87. The lowest BCUT2D eigenvalue weighted by atomic mass is 9.97. The fourth-order valence-electron chi connectivity index (χ4n) is 3.65. The predicted octanol–water partition coefficient (Wildman–Crippen LogP) is 3.64. The van der Waals surface area contributed by atoms with E-state index in [9.17, 15) is 9.59 Å². The van der Waals surface area contributed by atoms with E-state index in [0.717, 1.165) is 33.4 Å². The normalized spacial score (nSPS) is 13.3. The molecule has 0 aliphatic carbocycles. The molecule has 7 heteroatoms. The summed E-state index contributed by atoms with van der Waals surface area (Å²) in [5.74, 6) is -0.194. The van der Waals surface area contributed by atoms with Gasteiger partial charge >= 0.3 is 6.09 Å². The van der Waals surface area contributed by atoms with Gasteiger partial charge in [-0.15, -0.1) is 0 Å². The van der Waals surface area contributed by atoms with Crippen LogP contribution >= 0.6 is 0 Å². The Morgan fingerprint density at radius 1 is 1.32 bits per heavy atom. The number of hydrogen-bond acceptors (Lipinski definition) is 4. The summed E-state index contributed by atoms with van der Waals surface area (Å²) in [5.41, 5.74) is 5.13. The molecule has 3 aromatic rings. The lowest BCUT2D eigenvalue weighted by molar-refractivity contribution is 0.101. The van der Waals surface area contributed by atoms with Crippen LogP contribution in [0, 0.1) is 6.92 Å². The average Bonchev–Trinajstić information content (AvgIpc) is 3.08. The number of amides is 2. The van der Waals surface area contributed by atoms with Gasteiger partial charge in [-0.05, 0) is 49.6 Å². The number of nitrogens with one attached hydrogen (secondary N) is 2. The Morgan fingerprint density at radius 3 is 3.00 bits per heavy atom. The minimum atomic E-state index is -0.336. The molecule has 0 bridgehead atoms. The molecule has 3 heterocycles. The Kier molecular flexibility index (Phi) is 4.73. The highest BCUT2D eigenvalue weighted by molar-refractivity contribution is 6.09. The molecule has 0 unspecified atom stereocenters. The van der Waals surface area contributed by atoms with E-state index in [1.165, 1.54) is 0 Å². The van der Waals surface area contributed by atoms with Gasteiger partial charge in [0, 0.05) is 35.5 Å². The minimum absolute atomic E-state index is 0.194. The number of hydrogen-bond donors (Lipinski definition) is 2. The van der Waals surface area contributed by atoms with E-state index < -0.39 is 0 Å². The summed E-state index contributed by atoms with van der Waals surface area (Å²) in [4.78, 5) is 34.1. The Bertz CT molecular complexity index is 1060. The second kappa shape index (κ2) is 7.34. The third-order valence-electron chi connectivity index (χ3n) is 4.96. The van der Waals surface area contributed by atoms with Gasteiger partial charge in [-0.25, -0.2) is 4.79 Å². The molecule has 144 valence electrons. The third kappa shape index (κ3) is 3.31. The van der Waals surface area contributed by atoms with E-state index in [1.807, 2.05) is 31.2 Å². The highest BCUT2D eigenvalue weighted by Gasteiger charge is 2.25. The molecule has 2 aromatic heterocycles. The van der Waals surface area contributed by atoms with Crippen LogP contribution < -0.4 is 5.32 Å². The Labute approximate surface area is 162 Å². The lowest BCUT2D eigenvalue weighted by Crippen LogP contribution is -2.37. The van der Waals surface area contributed by atoms with E-state index in [4.69, 9.17) is 4.74 Å². The fraction of sp³-hybridized carbons (Fsp3) is 0.286. The van der Waals surface area contributed by atoms with Crippen LogP contribution in [0.15, 0.2) is 36.7 Å². The molecular formula is C21H22N4O3. The number of pyridine rings is 1. The van der Waals surface area contributed by atoms with Crippen molar-refractivity contribution in [2.75, 3.05) is 18.5 Å². The standard InChI is InChI=1S/C21H22N4O3/c1-3-28-21(27)25-8-7-15-14(12-25)10-22-11-17(15)20(26)24-19-6-4-5-18-16(19)9-13(2)23-18/h4-6,9-11,23H,3,7-8,12H2,1-2H3,(H,24,26). The summed E-state index contributed by atoms with van der Waals surface area (Å²) in [6.45, 7) is 5.02. The first kappa shape index (κ1) is 18.0. The zero-order valence-corrected chi connectivity index (χ0v) is 15.9. The van der Waals surface area contributed by atoms with Crippen LogP contribution in [0.4, 0.5) is 10.5 Å². The van der Waals surface area contributed by atoms with Crippen LogP contribution in [0.1, 0.15) is 34.1 Å². The number of fused-ring (bicyclic) bond motifs is 2. The van der Waals surface area contributed by atoms with Crippen molar-refractivity contribution in [2.45, 2.75) is 26.8 Å². The van der Waals surface area contributed by atoms with Crippen molar-refractivity contribution in [3.05, 3.63) is 59.0 Å². The molecule has 1 aliphatic heterocycles. The number of aryl methyl sites for hydroxylation is 1. The summed E-state index contributed by atoms with van der Waals surface area (Å²) < 4.78 is 5.08. The average molecular weight is 378 g/mol. The number of carbonyl (C=O) groups is 2. The fourth-order valence-corrected chi connectivity index (χ4v) is 3.65. The Morgan fingerprint density at radius 2 is 2.18 bits per heavy atom. The number of H-pyrrole nitrogens is 1. The number of benzene rings is 1. The molecule has 28 heavy (non-hydrogen) atoms. The highest BCUT2D eigenvalue weighted by atomic mass is 16.6. The van der Waals surface area contributed by atoms with Crippen LogP contribution in [0.25, 0.3) is 10.9 Å². The van der Waals surface area contributed by atoms with Crippen molar-refractivity contribution in [3.8, 4) is 0 Å². The van der Waals surface area contributed by atoms with E-state index in [-0.39, 0.29) is 12.0 Å². The molecule has 7 nitrogen and oxygen atoms in total. The van der Waals surface area contributed by atoms with Crippen molar-refractivity contribution in [3.63, 3.8) is 0 Å². The zero-order chi connectivity index (χ0) is 19.7. The number of aromatic amines is 1. The number of rotatable bonds is 3. The molecule has 0 saturated carbocycles. The molecule has 2 amide bonds. The van der Waals surface area contributed by atoms with Crippen molar-refractivity contribution in [1.82, 2.24) is 14.9 Å². The quantitative estimate of drug-likeness (QED) is 0.728. The van der Waals surface area contributed by atoms with E-state index >= 15 is 0 Å². The number of aromatic nitrogens is 2. The molecule has 1 aliphatic rings. The van der Waals surface area contributed by atoms with Crippen molar-refractivity contribution in [2.24, 2.45) is 0 Å². The third-order valence-corrected chi connectivity index (χ3v) is 4.96. The van der Waals surface area contributed by atoms with Crippen LogP contribution in [-0.4, -0.2) is 40.0 Å². The van der Waals surface area contributed by atoms with Gasteiger partial charge in [0.25, 0.3) is 5.91 Å². The van der Waals surface area contributed by atoms with Crippen LogP contribution in [0.2, 0.25) is 0 Å². The maximum Gasteiger partial charge on any atom is 0.410 e. The lowest BCUT2D eigenvalue weighted by Gasteiger charge is -2.28. The van der Waals surface area contributed by atoms with Gasteiger partial charge in [0.1, 0.15) is 0 Å². The maximum atomic E-state index is 13.0. The topological polar surface area (TPSA) is 87.3 Å². The number of anilines is 1. The Balaban J connectivity index is 1.59. The molecule has 0 atom stereocenters. The summed E-state index contributed by atoms with van der Waals surface area (Å²) in [7, 11) is 0. The van der Waals surface area contributed by atoms with Crippen molar-refractivity contribution in [1.29, 1.82) is 0 Å². The van der Waals surface area contributed by atoms with E-state index in [2.05, 4.69) is 15.3 Å². The molecule has 4 rings (SSSR count). The summed E-state index contributed by atoms with van der Waals surface area (Å²) in [6, 6.07) is 7.79. The van der Waals surface area contributed by atoms with Gasteiger partial charge in [-0.3, -0.25) is 9.78 Å². The van der Waals surface area contributed by atoms with Gasteiger partial charge in [-0.1, -0.05) is 6.07 Å². The smallest absolute Gasteiger partial charge is 0.410 e. The molecule has 0 radical (unpaired) electrons. The van der Waals surface area contributed by atoms with Gasteiger partial charge < -0.3 is 19.9 Å². The first-order valence-corrected chi connectivity index (χ1v) is 9.34. The predicted molar refractivity (Wildman–Crippen MR) is 106 cm³/mol. The molecule has 0 saturated heterocycles. The first-order valence-electron chi connectivity index (χ1n) is 9.34. The number of ether oxygens (including phenoxy) is 1. The molecule has 0 fully saturated rings. The second-order valence-electron chi connectivity index (χ2n) is 6.87. The summed E-state index contributed by atoms with van der Waals surface area (Å²) in [5, 5.41) is 3.99. The number of carbonyl (C=O) groups excluding carboxylic acids is 2. The van der Waals surface area contributed by atoms with Gasteiger partial charge in [-0.2, -0.15) is 0 Å².